The minimum Gasteiger partial charge on any atom is -0.356 e. The third-order valence-corrected chi connectivity index (χ3v) is 2.58. The summed E-state index contributed by atoms with van der Waals surface area (Å²) in [5, 5.41) is 0.563. The Balaban J connectivity index is 2.53. The first kappa shape index (κ1) is 11.9. The zero-order valence-electron chi connectivity index (χ0n) is 10.4. The molecule has 1 aromatic carbocycles. The number of hydrogen-bond acceptors (Lipinski definition) is 2. The first-order valence-corrected chi connectivity index (χ1v) is 5.62. The van der Waals surface area contributed by atoms with E-state index < -0.39 is 0 Å². The molecule has 1 heterocycles. The second-order valence-corrected chi connectivity index (χ2v) is 5.55. The normalized spacial score (nSPS) is 11.9. The van der Waals surface area contributed by atoms with Crippen molar-refractivity contribution in [1.29, 1.82) is 0 Å². The average molecular weight is 226 g/mol. The monoisotopic (exact) mass is 226 g/mol. The van der Waals surface area contributed by atoms with Crippen LogP contribution in [-0.4, -0.2) is 17.4 Å². The third-order valence-electron chi connectivity index (χ3n) is 2.58. The van der Waals surface area contributed by atoms with Crippen molar-refractivity contribution in [2.75, 3.05) is 0 Å². The molecule has 86 valence electrons. The van der Waals surface area contributed by atoms with Gasteiger partial charge in [0.25, 0.3) is 0 Å². The summed E-state index contributed by atoms with van der Waals surface area (Å²) in [5.74, 6) is 0. The summed E-state index contributed by atoms with van der Waals surface area (Å²) in [6.07, 6.45) is 2.31. The van der Waals surface area contributed by atoms with Crippen LogP contribution in [0, 0.1) is 5.41 Å². The van der Waals surface area contributed by atoms with Gasteiger partial charge in [-0.2, -0.15) is 0 Å². The molecule has 4 heteroatoms. The maximum Gasteiger partial charge on any atom is 0.248 e. The van der Waals surface area contributed by atoms with E-state index in [1.807, 2.05) is 12.1 Å². The molecular weight excluding hydrogens is 211 g/mol. The molecule has 0 fully saturated rings. The van der Waals surface area contributed by atoms with Crippen LogP contribution in [0.25, 0.3) is 10.9 Å². The van der Waals surface area contributed by atoms with Crippen molar-refractivity contribution in [1.82, 2.24) is 9.46 Å². The molecule has 0 aliphatic carbocycles. The van der Waals surface area contributed by atoms with E-state index in [9.17, 15) is 4.79 Å². The summed E-state index contributed by atoms with van der Waals surface area (Å²) < 4.78 is 1.01. The van der Waals surface area contributed by atoms with Gasteiger partial charge in [-0.15, -0.1) is 0 Å². The lowest BCUT2D eigenvalue weighted by Gasteiger charge is -2.18. The highest BCUT2D eigenvalue weighted by atomic mass is 16.1. The lowest BCUT2D eigenvalue weighted by Crippen LogP contribution is -2.18. The zero-order chi connectivity index (χ0) is 12.6. The zero-order valence-corrected chi connectivity index (χ0v) is 10.4. The Labute approximate surface area is 102 Å². The van der Waals surface area contributed by atoms with Crippen LogP contribution in [0.15, 0.2) is 29.3 Å². The van der Waals surface area contributed by atoms with Crippen LogP contribution in [0.2, 0.25) is 0 Å². The molecule has 2 rings (SSSR count). The smallest absolute Gasteiger partial charge is 0.248 e. The van der Waals surface area contributed by atoms with Crippen LogP contribution in [0.1, 0.15) is 26.3 Å². The van der Waals surface area contributed by atoms with Gasteiger partial charge in [-0.3, -0.25) is 4.79 Å². The van der Waals surface area contributed by atoms with E-state index >= 15 is 0 Å². The van der Waals surface area contributed by atoms with Crippen LogP contribution in [0.3, 0.4) is 0 Å². The molecule has 0 amide bonds. The SMILES string of the molecule is [B]n1cnc2cc(CC(C)(C)C)ccc2c1=O. The summed E-state index contributed by atoms with van der Waals surface area (Å²) in [6, 6.07) is 5.73. The standard InChI is InChI=1S/C13H15BN2O/c1-13(2,3)7-9-4-5-10-11(6-9)15-8-16(14)12(10)17/h4-6,8H,7H2,1-3H3. The predicted octanol–water partition coefficient (Wildman–Crippen LogP) is 1.92. The number of benzene rings is 1. The second kappa shape index (κ2) is 4.02. The Morgan fingerprint density at radius 3 is 2.71 bits per heavy atom. The van der Waals surface area contributed by atoms with Crippen molar-refractivity contribution in [3.8, 4) is 0 Å². The molecule has 0 saturated carbocycles. The van der Waals surface area contributed by atoms with Gasteiger partial charge < -0.3 is 4.48 Å². The van der Waals surface area contributed by atoms with Crippen molar-refractivity contribution in [2.24, 2.45) is 5.41 Å². The van der Waals surface area contributed by atoms with E-state index in [2.05, 4.69) is 25.8 Å². The molecule has 2 radical (unpaired) electrons. The molecule has 0 unspecified atom stereocenters. The van der Waals surface area contributed by atoms with Crippen molar-refractivity contribution >= 4 is 18.9 Å². The number of nitrogens with zero attached hydrogens (tertiary/aromatic N) is 2. The molecule has 3 nitrogen and oxygen atoms in total. The van der Waals surface area contributed by atoms with Gasteiger partial charge in [0.15, 0.2) is 0 Å². The van der Waals surface area contributed by atoms with E-state index in [0.717, 1.165) is 10.9 Å². The Hall–Kier alpha value is -1.58. The number of rotatable bonds is 1. The highest BCUT2D eigenvalue weighted by Gasteiger charge is 2.12. The van der Waals surface area contributed by atoms with Gasteiger partial charge in [-0.1, -0.05) is 26.8 Å². The number of hydrogen-bond donors (Lipinski definition) is 0. The topological polar surface area (TPSA) is 34.9 Å². The second-order valence-electron chi connectivity index (χ2n) is 5.55. The first-order chi connectivity index (χ1) is 7.87. The quantitative estimate of drug-likeness (QED) is 0.696. The molecule has 0 spiro atoms. The van der Waals surface area contributed by atoms with Crippen molar-refractivity contribution < 1.29 is 0 Å². The van der Waals surface area contributed by atoms with Crippen LogP contribution in [0.5, 0.6) is 0 Å². The fourth-order valence-electron chi connectivity index (χ4n) is 1.90. The summed E-state index contributed by atoms with van der Waals surface area (Å²) in [4.78, 5) is 15.9. The predicted molar refractivity (Wildman–Crippen MR) is 70.3 cm³/mol. The molecule has 17 heavy (non-hydrogen) atoms. The number of fused-ring (bicyclic) bond motifs is 1. The Bertz CT molecular complexity index is 611. The van der Waals surface area contributed by atoms with Crippen LogP contribution in [0.4, 0.5) is 0 Å². The van der Waals surface area contributed by atoms with Crippen LogP contribution < -0.4 is 5.56 Å². The number of aromatic nitrogens is 2. The van der Waals surface area contributed by atoms with Crippen molar-refractivity contribution in [3.05, 3.63) is 40.4 Å². The van der Waals surface area contributed by atoms with Gasteiger partial charge in [0.05, 0.1) is 17.2 Å². The molecule has 0 saturated heterocycles. The van der Waals surface area contributed by atoms with Crippen LogP contribution in [-0.2, 0) is 6.42 Å². The molecule has 0 bridgehead atoms. The highest BCUT2D eigenvalue weighted by molar-refractivity contribution is 6.06. The summed E-state index contributed by atoms with van der Waals surface area (Å²) in [6.45, 7) is 6.55. The van der Waals surface area contributed by atoms with Gasteiger partial charge in [0.1, 0.15) is 0 Å². The van der Waals surface area contributed by atoms with Gasteiger partial charge in [0, 0.05) is 0 Å². The highest BCUT2D eigenvalue weighted by Crippen LogP contribution is 2.21. The van der Waals surface area contributed by atoms with E-state index in [4.69, 9.17) is 7.98 Å². The molecule has 2 aromatic rings. The maximum atomic E-state index is 11.7. The molecular formula is C13H15BN2O. The van der Waals surface area contributed by atoms with Gasteiger partial charge >= 0.3 is 0 Å². The van der Waals surface area contributed by atoms with E-state index in [1.54, 1.807) is 6.07 Å². The summed E-state index contributed by atoms with van der Waals surface area (Å²) in [7, 11) is 5.47. The lowest BCUT2D eigenvalue weighted by atomic mass is 9.88. The first-order valence-electron chi connectivity index (χ1n) is 5.62. The molecule has 1 aromatic heterocycles. The lowest BCUT2D eigenvalue weighted by molar-refractivity contribution is 0.411. The van der Waals surface area contributed by atoms with Crippen molar-refractivity contribution in [3.63, 3.8) is 0 Å². The summed E-state index contributed by atoms with van der Waals surface area (Å²) >= 11 is 0. The van der Waals surface area contributed by atoms with Crippen LogP contribution >= 0.6 is 0 Å². The van der Waals surface area contributed by atoms with E-state index in [-0.39, 0.29) is 11.0 Å². The maximum absolute atomic E-state index is 11.7. The Morgan fingerprint density at radius 2 is 2.06 bits per heavy atom. The summed E-state index contributed by atoms with van der Waals surface area (Å²) in [5.41, 5.74) is 1.90. The van der Waals surface area contributed by atoms with E-state index in [1.165, 1.54) is 11.9 Å². The van der Waals surface area contributed by atoms with E-state index in [0.29, 0.717) is 10.9 Å². The van der Waals surface area contributed by atoms with Crippen molar-refractivity contribution in [2.45, 2.75) is 27.2 Å². The fourth-order valence-corrected chi connectivity index (χ4v) is 1.90. The third kappa shape index (κ3) is 2.57. The minimum atomic E-state index is -0.211. The molecule has 0 aliphatic heterocycles. The molecule has 0 N–H and O–H groups in total. The van der Waals surface area contributed by atoms with Gasteiger partial charge in [-0.05, 0) is 29.5 Å². The Kier molecular flexibility index (Phi) is 2.81. The minimum absolute atomic E-state index is 0.211. The molecule has 0 atom stereocenters. The average Bonchev–Trinajstić information content (AvgIpc) is 2.21. The van der Waals surface area contributed by atoms with Gasteiger partial charge in [0.2, 0.25) is 13.5 Å². The fraction of sp³-hybridized carbons (Fsp3) is 0.385. The Morgan fingerprint density at radius 1 is 1.35 bits per heavy atom. The largest absolute Gasteiger partial charge is 0.356 e. The van der Waals surface area contributed by atoms with Gasteiger partial charge in [-0.25, -0.2) is 4.98 Å². The molecule has 0 aliphatic rings.